The van der Waals surface area contributed by atoms with Gasteiger partial charge in [-0.2, -0.15) is 5.10 Å². The summed E-state index contributed by atoms with van der Waals surface area (Å²) in [6.45, 7) is 0. The van der Waals surface area contributed by atoms with Crippen LogP contribution in [0.3, 0.4) is 0 Å². The molecule has 3 aromatic rings. The molecule has 0 bridgehead atoms. The smallest absolute Gasteiger partial charge is 0.271 e. The Morgan fingerprint density at radius 2 is 1.92 bits per heavy atom. The van der Waals surface area contributed by atoms with Crippen LogP contribution in [0.2, 0.25) is 5.02 Å². The number of hydrogen-bond donors (Lipinski definition) is 1. The number of nitrogens with zero attached hydrogens (tertiary/aromatic N) is 3. The van der Waals surface area contributed by atoms with Crippen LogP contribution in [0.25, 0.3) is 5.69 Å². The van der Waals surface area contributed by atoms with E-state index in [1.54, 1.807) is 59.3 Å². The van der Waals surface area contributed by atoms with Crippen LogP contribution in [0.5, 0.6) is 0 Å². The van der Waals surface area contributed by atoms with Gasteiger partial charge in [-0.3, -0.25) is 14.9 Å². The third-order valence-electron chi connectivity index (χ3n) is 3.57. The zero-order valence-corrected chi connectivity index (χ0v) is 14.1. The van der Waals surface area contributed by atoms with Crippen molar-refractivity contribution >= 4 is 29.4 Å². The molecule has 0 aliphatic heterocycles. The average Bonchev–Trinajstić information content (AvgIpc) is 3.11. The fourth-order valence-corrected chi connectivity index (χ4v) is 2.44. The van der Waals surface area contributed by atoms with Gasteiger partial charge in [-0.15, -0.1) is 0 Å². The number of amides is 1. The zero-order chi connectivity index (χ0) is 18.5. The Labute approximate surface area is 153 Å². The third kappa shape index (κ3) is 3.96. The quantitative estimate of drug-likeness (QED) is 0.422. The molecule has 3 rings (SSSR count). The van der Waals surface area contributed by atoms with Gasteiger partial charge in [0.15, 0.2) is 0 Å². The summed E-state index contributed by atoms with van der Waals surface area (Å²) in [5.74, 6) is -0.369. The van der Waals surface area contributed by atoms with Crippen LogP contribution >= 0.6 is 11.6 Å². The summed E-state index contributed by atoms with van der Waals surface area (Å²) >= 11 is 5.79. The highest BCUT2D eigenvalue weighted by Gasteiger charge is 2.08. The molecule has 0 saturated heterocycles. The number of benzene rings is 2. The minimum absolute atomic E-state index is 0.00451. The first-order chi connectivity index (χ1) is 12.5. The molecule has 0 spiro atoms. The largest absolute Gasteiger partial charge is 0.315 e. The molecule has 130 valence electrons. The number of hydrazone groups is 1. The van der Waals surface area contributed by atoms with Gasteiger partial charge in [-0.05, 0) is 42.5 Å². The van der Waals surface area contributed by atoms with Crippen LogP contribution < -0.4 is 5.43 Å². The first-order valence-electron chi connectivity index (χ1n) is 7.56. The van der Waals surface area contributed by atoms with Crippen LogP contribution in [0.15, 0.2) is 72.0 Å². The monoisotopic (exact) mass is 368 g/mol. The number of aromatic nitrogens is 1. The van der Waals surface area contributed by atoms with Gasteiger partial charge in [0.25, 0.3) is 11.6 Å². The Morgan fingerprint density at radius 1 is 1.15 bits per heavy atom. The molecular weight excluding hydrogens is 356 g/mol. The first kappa shape index (κ1) is 17.4. The number of non-ortho nitro benzene ring substituents is 1. The summed E-state index contributed by atoms with van der Waals surface area (Å²) < 4.78 is 1.73. The fraction of sp³-hybridized carbons (Fsp3) is 0. The molecule has 1 heterocycles. The summed E-state index contributed by atoms with van der Waals surface area (Å²) in [5, 5.41) is 15.4. The van der Waals surface area contributed by atoms with Crippen molar-refractivity contribution in [1.29, 1.82) is 0 Å². The van der Waals surface area contributed by atoms with E-state index in [1.807, 2.05) is 0 Å². The van der Waals surface area contributed by atoms with E-state index in [1.165, 1.54) is 18.3 Å². The molecular formula is C18H13ClN4O3. The van der Waals surface area contributed by atoms with E-state index in [2.05, 4.69) is 10.5 Å². The van der Waals surface area contributed by atoms with Crippen molar-refractivity contribution in [2.45, 2.75) is 0 Å². The van der Waals surface area contributed by atoms with Crippen molar-refractivity contribution in [3.05, 3.63) is 93.3 Å². The normalized spacial score (nSPS) is 10.8. The molecule has 8 heteroatoms. The molecule has 0 aliphatic carbocycles. The van der Waals surface area contributed by atoms with E-state index in [9.17, 15) is 14.9 Å². The SMILES string of the molecule is O=C(N/N=C\c1cccn1-c1cccc([N+](=O)[O-])c1)c1ccc(Cl)cc1. The number of halogens is 1. The Bertz CT molecular complexity index is 980. The number of nitrogens with one attached hydrogen (secondary N) is 1. The van der Waals surface area contributed by atoms with Crippen LogP contribution in [0.4, 0.5) is 5.69 Å². The van der Waals surface area contributed by atoms with Crippen LogP contribution in [-0.2, 0) is 0 Å². The van der Waals surface area contributed by atoms with E-state index in [0.29, 0.717) is 22.0 Å². The molecule has 0 fully saturated rings. The van der Waals surface area contributed by atoms with Crippen LogP contribution in [0, 0.1) is 10.1 Å². The molecule has 0 unspecified atom stereocenters. The van der Waals surface area contributed by atoms with E-state index in [4.69, 9.17) is 11.6 Å². The predicted molar refractivity (Wildman–Crippen MR) is 98.9 cm³/mol. The predicted octanol–water partition coefficient (Wildman–Crippen LogP) is 3.80. The number of rotatable bonds is 5. The van der Waals surface area contributed by atoms with Crippen molar-refractivity contribution in [1.82, 2.24) is 9.99 Å². The molecule has 2 aromatic carbocycles. The highest BCUT2D eigenvalue weighted by molar-refractivity contribution is 6.30. The second kappa shape index (κ2) is 7.62. The summed E-state index contributed by atoms with van der Waals surface area (Å²) in [6.07, 6.45) is 3.22. The van der Waals surface area contributed by atoms with Gasteiger partial charge in [-0.1, -0.05) is 17.7 Å². The minimum Gasteiger partial charge on any atom is -0.315 e. The lowest BCUT2D eigenvalue weighted by Crippen LogP contribution is -2.17. The Hall–Kier alpha value is -3.45. The molecule has 0 radical (unpaired) electrons. The topological polar surface area (TPSA) is 89.5 Å². The van der Waals surface area contributed by atoms with Crippen molar-refractivity contribution in [3.8, 4) is 5.69 Å². The van der Waals surface area contributed by atoms with Gasteiger partial charge >= 0.3 is 0 Å². The summed E-state index contributed by atoms with van der Waals surface area (Å²) in [6, 6.07) is 16.2. The second-order valence-corrected chi connectivity index (χ2v) is 5.72. The standard InChI is InChI=1S/C18H13ClN4O3/c19-14-8-6-13(7-9-14)18(24)21-20-12-17-5-2-10-22(17)15-3-1-4-16(11-15)23(25)26/h1-12H,(H,21,24)/b20-12-. The highest BCUT2D eigenvalue weighted by atomic mass is 35.5. The van der Waals surface area contributed by atoms with E-state index >= 15 is 0 Å². The molecule has 26 heavy (non-hydrogen) atoms. The molecule has 1 N–H and O–H groups in total. The fourth-order valence-electron chi connectivity index (χ4n) is 2.31. The zero-order valence-electron chi connectivity index (χ0n) is 13.4. The molecule has 0 aliphatic rings. The lowest BCUT2D eigenvalue weighted by atomic mass is 10.2. The Balaban J connectivity index is 1.75. The Kier molecular flexibility index (Phi) is 5.09. The second-order valence-electron chi connectivity index (χ2n) is 5.29. The van der Waals surface area contributed by atoms with Crippen LogP contribution in [-0.4, -0.2) is 21.6 Å². The molecule has 0 atom stereocenters. The van der Waals surface area contributed by atoms with Gasteiger partial charge in [0.2, 0.25) is 0 Å². The maximum Gasteiger partial charge on any atom is 0.271 e. The number of carbonyl (C=O) groups is 1. The molecule has 1 aromatic heterocycles. The third-order valence-corrected chi connectivity index (χ3v) is 3.82. The maximum absolute atomic E-state index is 12.0. The highest BCUT2D eigenvalue weighted by Crippen LogP contribution is 2.18. The van der Waals surface area contributed by atoms with Crippen molar-refractivity contribution in [3.63, 3.8) is 0 Å². The van der Waals surface area contributed by atoms with Gasteiger partial charge in [0.1, 0.15) is 0 Å². The van der Waals surface area contributed by atoms with Gasteiger partial charge < -0.3 is 4.57 Å². The minimum atomic E-state index is -0.451. The number of carbonyl (C=O) groups excluding carboxylic acids is 1. The summed E-state index contributed by atoms with van der Waals surface area (Å²) in [5.41, 5.74) is 4.13. The lowest BCUT2D eigenvalue weighted by Gasteiger charge is -2.06. The van der Waals surface area contributed by atoms with Gasteiger partial charge in [-0.25, -0.2) is 5.43 Å². The number of hydrogen-bond acceptors (Lipinski definition) is 4. The first-order valence-corrected chi connectivity index (χ1v) is 7.93. The average molecular weight is 369 g/mol. The van der Waals surface area contributed by atoms with Crippen LogP contribution in [0.1, 0.15) is 16.1 Å². The van der Waals surface area contributed by atoms with E-state index in [0.717, 1.165) is 0 Å². The number of nitro groups is 1. The molecule has 1 amide bonds. The maximum atomic E-state index is 12.0. The van der Waals surface area contributed by atoms with Gasteiger partial charge in [0, 0.05) is 28.9 Å². The lowest BCUT2D eigenvalue weighted by molar-refractivity contribution is -0.384. The van der Waals surface area contributed by atoms with Gasteiger partial charge in [0.05, 0.1) is 22.5 Å². The van der Waals surface area contributed by atoms with E-state index in [-0.39, 0.29) is 11.6 Å². The molecule has 0 saturated carbocycles. The van der Waals surface area contributed by atoms with E-state index < -0.39 is 4.92 Å². The summed E-state index contributed by atoms with van der Waals surface area (Å²) in [7, 11) is 0. The summed E-state index contributed by atoms with van der Waals surface area (Å²) in [4.78, 5) is 22.5. The van der Waals surface area contributed by atoms with Crippen molar-refractivity contribution in [2.24, 2.45) is 5.10 Å². The Morgan fingerprint density at radius 3 is 2.65 bits per heavy atom. The van der Waals surface area contributed by atoms with Crippen molar-refractivity contribution in [2.75, 3.05) is 0 Å². The molecule has 7 nitrogen and oxygen atoms in total. The van der Waals surface area contributed by atoms with Crippen molar-refractivity contribution < 1.29 is 9.72 Å². The number of nitro benzene ring substituents is 1.